The van der Waals surface area contributed by atoms with Gasteiger partial charge in [0.15, 0.2) is 0 Å². The normalized spacial score (nSPS) is 11.2. The zero-order chi connectivity index (χ0) is 34.9. The lowest BCUT2D eigenvalue weighted by Crippen LogP contribution is -1.91. The molecule has 2 heteroatoms. The summed E-state index contributed by atoms with van der Waals surface area (Å²) in [5, 5.41) is 0. The molecule has 0 aromatic heterocycles. The van der Waals surface area contributed by atoms with Gasteiger partial charge in [-0.05, 0) is 137 Å². The molecule has 0 fully saturated rings. The molecule has 0 heterocycles. The van der Waals surface area contributed by atoms with Crippen LogP contribution in [0.1, 0.15) is 72.8 Å². The van der Waals surface area contributed by atoms with Crippen LogP contribution in [0.15, 0.2) is 127 Å². The van der Waals surface area contributed by atoms with Crippen LogP contribution >= 0.6 is 0 Å². The van der Waals surface area contributed by atoms with E-state index in [4.69, 9.17) is 0 Å². The highest BCUT2D eigenvalue weighted by atomic mass is 19.1. The molecule has 0 radical (unpaired) electrons. The van der Waals surface area contributed by atoms with Crippen molar-refractivity contribution in [1.82, 2.24) is 0 Å². The summed E-state index contributed by atoms with van der Waals surface area (Å²) in [5.41, 5.74) is 14.8. The molecule has 0 nitrogen and oxygen atoms in total. The molecule has 254 valence electrons. The molecule has 0 aliphatic heterocycles. The Hall–Kier alpha value is -4.82. The van der Waals surface area contributed by atoms with E-state index in [-0.39, 0.29) is 11.6 Å². The second-order valence-corrected chi connectivity index (χ2v) is 13.8. The van der Waals surface area contributed by atoms with E-state index in [1.54, 1.807) is 12.1 Å². The third-order valence-corrected chi connectivity index (χ3v) is 10.3. The zero-order valence-electron chi connectivity index (χ0n) is 29.7. The van der Waals surface area contributed by atoms with Crippen LogP contribution in [0.2, 0.25) is 0 Å². The summed E-state index contributed by atoms with van der Waals surface area (Å²) in [6.07, 6.45) is 11.3. The molecule has 0 N–H and O–H groups in total. The Bertz CT molecular complexity index is 1980. The Morgan fingerprint density at radius 2 is 0.740 bits per heavy atom. The van der Waals surface area contributed by atoms with Gasteiger partial charge in [0.05, 0.1) is 0 Å². The van der Waals surface area contributed by atoms with Crippen molar-refractivity contribution in [3.8, 4) is 44.5 Å². The first-order valence-corrected chi connectivity index (χ1v) is 18.3. The van der Waals surface area contributed by atoms with Crippen molar-refractivity contribution in [3.63, 3.8) is 0 Å². The average Bonchev–Trinajstić information content (AvgIpc) is 3.14. The molecular weight excluding hydrogens is 615 g/mol. The number of hydrogen-bond acceptors (Lipinski definition) is 0. The first-order chi connectivity index (χ1) is 24.4. The Morgan fingerprint density at radius 1 is 0.360 bits per heavy atom. The molecule has 0 saturated heterocycles. The second kappa shape index (κ2) is 16.7. The minimum atomic E-state index is -0.191. The second-order valence-electron chi connectivity index (χ2n) is 13.8. The molecule has 6 rings (SSSR count). The van der Waals surface area contributed by atoms with Crippen molar-refractivity contribution in [2.75, 3.05) is 0 Å². The molecule has 0 atom stereocenters. The lowest BCUT2D eigenvalue weighted by atomic mass is 9.94. The van der Waals surface area contributed by atoms with Crippen molar-refractivity contribution in [1.29, 1.82) is 0 Å². The van der Waals surface area contributed by atoms with Gasteiger partial charge < -0.3 is 0 Å². The van der Waals surface area contributed by atoms with E-state index in [0.29, 0.717) is 0 Å². The maximum Gasteiger partial charge on any atom is 0.126 e. The van der Waals surface area contributed by atoms with Crippen LogP contribution in [0.25, 0.3) is 44.5 Å². The molecule has 0 spiro atoms. The molecule has 0 unspecified atom stereocenters. The van der Waals surface area contributed by atoms with Gasteiger partial charge in [-0.2, -0.15) is 0 Å². The number of aryl methyl sites for hydroxylation is 3. The molecule has 6 aromatic rings. The van der Waals surface area contributed by atoms with Crippen molar-refractivity contribution in [3.05, 3.63) is 167 Å². The molecular formula is C48H48F2. The summed E-state index contributed by atoms with van der Waals surface area (Å²) in [4.78, 5) is 0. The molecule has 50 heavy (non-hydrogen) atoms. The lowest BCUT2D eigenvalue weighted by Gasteiger charge is -2.11. The molecule has 0 bridgehead atoms. The zero-order valence-corrected chi connectivity index (χ0v) is 29.7. The fourth-order valence-electron chi connectivity index (χ4n) is 7.01. The van der Waals surface area contributed by atoms with Crippen LogP contribution in [0, 0.1) is 32.4 Å². The van der Waals surface area contributed by atoms with Crippen molar-refractivity contribution < 1.29 is 8.78 Å². The van der Waals surface area contributed by atoms with Crippen LogP contribution in [0.3, 0.4) is 0 Å². The van der Waals surface area contributed by atoms with Gasteiger partial charge >= 0.3 is 0 Å². The van der Waals surface area contributed by atoms with Crippen molar-refractivity contribution >= 4 is 0 Å². The van der Waals surface area contributed by atoms with Crippen molar-refractivity contribution in [2.24, 2.45) is 0 Å². The van der Waals surface area contributed by atoms with Crippen LogP contribution in [-0.2, 0) is 12.8 Å². The average molecular weight is 663 g/mol. The lowest BCUT2D eigenvalue weighted by molar-refractivity contribution is 0.579. The highest BCUT2D eigenvalue weighted by molar-refractivity contribution is 5.74. The van der Waals surface area contributed by atoms with E-state index >= 15 is 0 Å². The van der Waals surface area contributed by atoms with E-state index in [9.17, 15) is 8.78 Å². The third kappa shape index (κ3) is 8.85. The van der Waals surface area contributed by atoms with Crippen LogP contribution in [-0.4, -0.2) is 0 Å². The summed E-state index contributed by atoms with van der Waals surface area (Å²) < 4.78 is 27.4. The summed E-state index contributed by atoms with van der Waals surface area (Å²) >= 11 is 0. The van der Waals surface area contributed by atoms with E-state index < -0.39 is 0 Å². The van der Waals surface area contributed by atoms with E-state index in [0.717, 1.165) is 51.8 Å². The number of halogens is 2. The maximum atomic E-state index is 13.9. The molecule has 0 aliphatic carbocycles. The van der Waals surface area contributed by atoms with Crippen LogP contribution < -0.4 is 0 Å². The summed E-state index contributed by atoms with van der Waals surface area (Å²) in [6.45, 7) is 5.79. The minimum Gasteiger partial charge on any atom is -0.207 e. The summed E-state index contributed by atoms with van der Waals surface area (Å²) in [5.74, 6) is -0.336. The van der Waals surface area contributed by atoms with E-state index in [1.807, 2.05) is 32.9 Å². The monoisotopic (exact) mass is 662 g/mol. The number of rotatable bonds is 14. The van der Waals surface area contributed by atoms with Gasteiger partial charge in [-0.15, -0.1) is 0 Å². The fourth-order valence-corrected chi connectivity index (χ4v) is 7.01. The van der Waals surface area contributed by atoms with Gasteiger partial charge in [-0.25, -0.2) is 8.78 Å². The van der Waals surface area contributed by atoms with Gasteiger partial charge in [-0.3, -0.25) is 0 Å². The first kappa shape index (κ1) is 35.0. The highest BCUT2D eigenvalue weighted by Gasteiger charge is 2.09. The number of benzene rings is 6. The predicted octanol–water partition coefficient (Wildman–Crippen LogP) is 14.1. The Kier molecular flexibility index (Phi) is 11.7. The first-order valence-electron chi connectivity index (χ1n) is 18.3. The topological polar surface area (TPSA) is 0 Å². The molecule has 0 saturated carbocycles. The third-order valence-electron chi connectivity index (χ3n) is 10.3. The molecule has 6 aromatic carbocycles. The SMILES string of the molecule is Cc1cc(F)ccc1-c1ccc(-c2ccc(CCCCCCCCCc3ccc(-c4ccc(-c5ccc(F)c(C)c5C)cc4)cc3)cc2)cc1. The highest BCUT2D eigenvalue weighted by Crippen LogP contribution is 2.31. The van der Waals surface area contributed by atoms with Gasteiger partial charge in [-0.1, -0.05) is 141 Å². The number of unbranched alkanes of at least 4 members (excludes halogenated alkanes) is 6. The van der Waals surface area contributed by atoms with Crippen molar-refractivity contribution in [2.45, 2.75) is 78.6 Å². The van der Waals surface area contributed by atoms with Crippen LogP contribution in [0.4, 0.5) is 8.78 Å². The van der Waals surface area contributed by atoms with Crippen LogP contribution in [0.5, 0.6) is 0 Å². The molecule has 0 amide bonds. The van der Waals surface area contributed by atoms with Gasteiger partial charge in [0.2, 0.25) is 0 Å². The smallest absolute Gasteiger partial charge is 0.126 e. The Morgan fingerprint density at radius 3 is 1.20 bits per heavy atom. The standard InChI is InChI=1S/C48H48F2/c1-34-33-45(49)29-30-46(34)43-25-21-41(22-26-43)39-17-13-37(14-18-39)11-9-7-5-4-6-8-10-12-38-15-19-40(20-16-38)42-23-27-44(28-24-42)47-31-32-48(50)36(3)35(47)2/h13-33H,4-12H2,1-3H3. The van der Waals surface area contributed by atoms with Gasteiger partial charge in [0.25, 0.3) is 0 Å². The largest absolute Gasteiger partial charge is 0.207 e. The predicted molar refractivity (Wildman–Crippen MR) is 208 cm³/mol. The van der Waals surface area contributed by atoms with E-state index in [1.165, 1.54) is 84.4 Å². The molecule has 0 aliphatic rings. The minimum absolute atomic E-state index is 0.145. The Balaban J connectivity index is 0.856. The quantitative estimate of drug-likeness (QED) is 0.102. The van der Waals surface area contributed by atoms with E-state index in [2.05, 4.69) is 97.1 Å². The Labute approximate surface area is 297 Å². The van der Waals surface area contributed by atoms with Gasteiger partial charge in [0.1, 0.15) is 11.6 Å². The maximum absolute atomic E-state index is 13.9. The summed E-state index contributed by atoms with van der Waals surface area (Å²) in [6, 6.07) is 43.6. The summed E-state index contributed by atoms with van der Waals surface area (Å²) in [7, 11) is 0. The van der Waals surface area contributed by atoms with Gasteiger partial charge in [0, 0.05) is 0 Å². The fraction of sp³-hybridized carbons (Fsp3) is 0.250. The number of hydrogen-bond donors (Lipinski definition) is 0.